The van der Waals surface area contributed by atoms with Crippen molar-refractivity contribution in [1.29, 1.82) is 0 Å². The average Bonchev–Trinajstić information content (AvgIpc) is 2.15. The Labute approximate surface area is 98.2 Å². The molecule has 1 aliphatic carbocycles. The van der Waals surface area contributed by atoms with Crippen LogP contribution >= 0.6 is 0 Å². The molecule has 94 valence electrons. The van der Waals surface area contributed by atoms with E-state index in [4.69, 9.17) is 5.73 Å². The molecule has 5 heteroatoms. The zero-order chi connectivity index (χ0) is 11.8. The second-order valence-corrected chi connectivity index (χ2v) is 7.42. The smallest absolute Gasteiger partial charge is 0.214 e. The fourth-order valence-corrected chi connectivity index (χ4v) is 4.83. The summed E-state index contributed by atoms with van der Waals surface area (Å²) < 4.78 is 25.7. The summed E-state index contributed by atoms with van der Waals surface area (Å²) in [6.45, 7) is 3.32. The molecular formula is C11H22N2O2S. The zero-order valence-corrected chi connectivity index (χ0v) is 10.7. The third kappa shape index (κ3) is 2.57. The second-order valence-electron chi connectivity index (χ2n) is 5.33. The van der Waals surface area contributed by atoms with Crippen LogP contribution in [-0.4, -0.2) is 37.6 Å². The van der Waals surface area contributed by atoms with E-state index < -0.39 is 10.0 Å². The maximum Gasteiger partial charge on any atom is 0.214 e. The maximum atomic E-state index is 12.0. The predicted molar refractivity (Wildman–Crippen MR) is 64.5 cm³/mol. The molecule has 2 rings (SSSR count). The molecule has 0 amide bonds. The Morgan fingerprint density at radius 1 is 1.19 bits per heavy atom. The van der Waals surface area contributed by atoms with E-state index in [0.29, 0.717) is 43.1 Å². The lowest BCUT2D eigenvalue weighted by atomic mass is 9.76. The van der Waals surface area contributed by atoms with Crippen LogP contribution in [0.3, 0.4) is 0 Å². The normalized spacial score (nSPS) is 36.2. The van der Waals surface area contributed by atoms with Crippen molar-refractivity contribution in [2.24, 2.45) is 17.6 Å². The quantitative estimate of drug-likeness (QED) is 0.800. The standard InChI is InChI=1S/C11H22N2O2S/c1-2-3-16(14,15)13-7-9-4-10(8-13)6-11(12)5-9/h9-11H,2-8,12H2,1H3. The van der Waals surface area contributed by atoms with Gasteiger partial charge in [-0.2, -0.15) is 0 Å². The maximum absolute atomic E-state index is 12.0. The van der Waals surface area contributed by atoms with E-state index in [9.17, 15) is 8.42 Å². The first kappa shape index (κ1) is 12.3. The molecule has 0 aromatic carbocycles. The van der Waals surface area contributed by atoms with Crippen molar-refractivity contribution in [1.82, 2.24) is 4.31 Å². The van der Waals surface area contributed by atoms with Gasteiger partial charge in [0.15, 0.2) is 0 Å². The number of piperidine rings is 1. The third-order valence-electron chi connectivity index (χ3n) is 3.72. The fourth-order valence-electron chi connectivity index (χ4n) is 3.18. The molecule has 0 radical (unpaired) electrons. The molecule has 2 aliphatic rings. The summed E-state index contributed by atoms with van der Waals surface area (Å²) in [7, 11) is -3.00. The number of hydrogen-bond acceptors (Lipinski definition) is 3. The largest absolute Gasteiger partial charge is 0.328 e. The SMILES string of the molecule is CCCS(=O)(=O)N1CC2CC(N)CC(C2)C1. The number of hydrogen-bond donors (Lipinski definition) is 1. The lowest BCUT2D eigenvalue weighted by molar-refractivity contribution is 0.130. The van der Waals surface area contributed by atoms with Gasteiger partial charge in [0.2, 0.25) is 10.0 Å². The van der Waals surface area contributed by atoms with E-state index >= 15 is 0 Å². The van der Waals surface area contributed by atoms with Crippen molar-refractivity contribution in [3.05, 3.63) is 0 Å². The molecule has 2 fully saturated rings. The highest BCUT2D eigenvalue weighted by molar-refractivity contribution is 7.89. The summed E-state index contributed by atoms with van der Waals surface area (Å²) in [5, 5.41) is 0. The predicted octanol–water partition coefficient (Wildman–Crippen LogP) is 0.785. The van der Waals surface area contributed by atoms with Crippen LogP contribution in [0.25, 0.3) is 0 Å². The molecule has 0 aromatic rings. The highest BCUT2D eigenvalue weighted by atomic mass is 32.2. The van der Waals surface area contributed by atoms with E-state index in [2.05, 4.69) is 0 Å². The Kier molecular flexibility index (Phi) is 3.56. The summed E-state index contributed by atoms with van der Waals surface area (Å²) in [4.78, 5) is 0. The van der Waals surface area contributed by atoms with Crippen LogP contribution in [0.1, 0.15) is 32.6 Å². The summed E-state index contributed by atoms with van der Waals surface area (Å²) in [6.07, 6.45) is 3.86. The Morgan fingerprint density at radius 3 is 2.25 bits per heavy atom. The fraction of sp³-hybridized carbons (Fsp3) is 1.00. The molecule has 4 nitrogen and oxygen atoms in total. The molecular weight excluding hydrogens is 224 g/mol. The number of sulfonamides is 1. The molecule has 1 saturated heterocycles. The van der Waals surface area contributed by atoms with Crippen molar-refractivity contribution >= 4 is 10.0 Å². The molecule has 1 aliphatic heterocycles. The number of nitrogens with two attached hydrogens (primary N) is 1. The number of nitrogens with zero attached hydrogens (tertiary/aromatic N) is 1. The summed E-state index contributed by atoms with van der Waals surface area (Å²) >= 11 is 0. The van der Waals surface area contributed by atoms with E-state index in [1.807, 2.05) is 6.92 Å². The Bertz CT molecular complexity index is 324. The lowest BCUT2D eigenvalue weighted by Gasteiger charge is -2.42. The number of rotatable bonds is 3. The minimum Gasteiger partial charge on any atom is -0.328 e. The topological polar surface area (TPSA) is 63.4 Å². The molecule has 0 aromatic heterocycles. The Balaban J connectivity index is 2.05. The molecule has 2 N–H and O–H groups in total. The molecule has 2 bridgehead atoms. The highest BCUT2D eigenvalue weighted by Gasteiger charge is 2.37. The Morgan fingerprint density at radius 2 is 1.75 bits per heavy atom. The first-order chi connectivity index (χ1) is 7.51. The van der Waals surface area contributed by atoms with Gasteiger partial charge in [-0.1, -0.05) is 6.92 Å². The minimum absolute atomic E-state index is 0.290. The molecule has 16 heavy (non-hydrogen) atoms. The molecule has 1 heterocycles. The molecule has 0 spiro atoms. The second kappa shape index (κ2) is 4.63. The average molecular weight is 246 g/mol. The zero-order valence-electron chi connectivity index (χ0n) is 9.93. The van der Waals surface area contributed by atoms with Crippen molar-refractivity contribution in [2.45, 2.75) is 38.6 Å². The van der Waals surface area contributed by atoms with Crippen LogP contribution < -0.4 is 5.73 Å². The first-order valence-corrected chi connectivity index (χ1v) is 7.85. The lowest BCUT2D eigenvalue weighted by Crippen LogP contribution is -2.50. The van der Waals surface area contributed by atoms with E-state index in [0.717, 1.165) is 12.8 Å². The van der Waals surface area contributed by atoms with Crippen LogP contribution in [0.15, 0.2) is 0 Å². The van der Waals surface area contributed by atoms with Gasteiger partial charge in [0.05, 0.1) is 5.75 Å². The van der Waals surface area contributed by atoms with Crippen molar-refractivity contribution in [3.8, 4) is 0 Å². The van der Waals surface area contributed by atoms with Gasteiger partial charge in [0.25, 0.3) is 0 Å². The van der Waals surface area contributed by atoms with Crippen LogP contribution in [0, 0.1) is 11.8 Å². The van der Waals surface area contributed by atoms with Gasteiger partial charge in [0, 0.05) is 19.1 Å². The van der Waals surface area contributed by atoms with Gasteiger partial charge in [-0.25, -0.2) is 12.7 Å². The highest BCUT2D eigenvalue weighted by Crippen LogP contribution is 2.35. The van der Waals surface area contributed by atoms with Crippen LogP contribution in [0.5, 0.6) is 0 Å². The van der Waals surface area contributed by atoms with Crippen LogP contribution in [-0.2, 0) is 10.0 Å². The van der Waals surface area contributed by atoms with Gasteiger partial charge in [-0.3, -0.25) is 0 Å². The van der Waals surface area contributed by atoms with Gasteiger partial charge < -0.3 is 5.73 Å². The van der Waals surface area contributed by atoms with Gasteiger partial charge in [-0.15, -0.1) is 0 Å². The monoisotopic (exact) mass is 246 g/mol. The van der Waals surface area contributed by atoms with Gasteiger partial charge in [0.1, 0.15) is 0 Å². The molecule has 2 unspecified atom stereocenters. The van der Waals surface area contributed by atoms with Crippen molar-refractivity contribution < 1.29 is 8.42 Å². The molecule has 1 saturated carbocycles. The van der Waals surface area contributed by atoms with Crippen molar-refractivity contribution in [3.63, 3.8) is 0 Å². The van der Waals surface area contributed by atoms with Crippen LogP contribution in [0.2, 0.25) is 0 Å². The summed E-state index contributed by atoms with van der Waals surface area (Å²) in [6, 6.07) is 0.291. The third-order valence-corrected chi connectivity index (χ3v) is 5.73. The Hall–Kier alpha value is -0.130. The van der Waals surface area contributed by atoms with Gasteiger partial charge >= 0.3 is 0 Å². The summed E-state index contributed by atoms with van der Waals surface area (Å²) in [5.41, 5.74) is 5.97. The van der Waals surface area contributed by atoms with Gasteiger partial charge in [-0.05, 0) is 37.5 Å². The van der Waals surface area contributed by atoms with Crippen LogP contribution in [0.4, 0.5) is 0 Å². The summed E-state index contributed by atoms with van der Waals surface area (Å²) in [5.74, 6) is 1.28. The van der Waals surface area contributed by atoms with Crippen molar-refractivity contribution in [2.75, 3.05) is 18.8 Å². The minimum atomic E-state index is -3.00. The molecule has 2 atom stereocenters. The van der Waals surface area contributed by atoms with E-state index in [1.54, 1.807) is 4.31 Å². The number of fused-ring (bicyclic) bond motifs is 2. The first-order valence-electron chi connectivity index (χ1n) is 6.24. The van der Waals surface area contributed by atoms with E-state index in [1.165, 1.54) is 6.42 Å². The van der Waals surface area contributed by atoms with E-state index in [-0.39, 0.29) is 0 Å².